The van der Waals surface area contributed by atoms with E-state index in [-0.39, 0.29) is 11.9 Å². The third-order valence-electron chi connectivity index (χ3n) is 2.74. The van der Waals surface area contributed by atoms with Gasteiger partial charge >= 0.3 is 0 Å². The first-order valence-electron chi connectivity index (χ1n) is 5.76. The summed E-state index contributed by atoms with van der Waals surface area (Å²) in [5.74, 6) is 0.654. The van der Waals surface area contributed by atoms with Gasteiger partial charge in [0.25, 0.3) is 0 Å². The second-order valence-electron chi connectivity index (χ2n) is 4.21. The Labute approximate surface area is 99.8 Å². The van der Waals surface area contributed by atoms with E-state index in [9.17, 15) is 4.79 Å². The molecule has 1 saturated carbocycles. The van der Waals surface area contributed by atoms with Crippen LogP contribution in [0.4, 0.5) is 0 Å². The summed E-state index contributed by atoms with van der Waals surface area (Å²) >= 11 is 1.59. The molecule has 1 unspecified atom stereocenters. The van der Waals surface area contributed by atoms with Crippen molar-refractivity contribution < 1.29 is 9.53 Å². The molecular formula is C12H17NO2S. The molecule has 3 nitrogen and oxygen atoms in total. The predicted molar refractivity (Wildman–Crippen MR) is 63.7 cm³/mol. The number of Topliss-reactive ketones (excluding diaryl/α,β-unsaturated/α-hetero) is 1. The number of aryl methyl sites for hydroxylation is 1. The maximum absolute atomic E-state index is 12.0. The Kier molecular flexibility index (Phi) is 3.71. The van der Waals surface area contributed by atoms with Gasteiger partial charge in [0.2, 0.25) is 0 Å². The highest BCUT2D eigenvalue weighted by Gasteiger charge is 2.36. The Morgan fingerprint density at radius 3 is 2.94 bits per heavy atom. The molecule has 1 aliphatic carbocycles. The predicted octanol–water partition coefficient (Wildman–Crippen LogP) is 2.38. The van der Waals surface area contributed by atoms with E-state index in [2.05, 4.69) is 4.98 Å². The molecule has 1 aromatic heterocycles. The third-order valence-corrected chi connectivity index (χ3v) is 3.56. The van der Waals surface area contributed by atoms with Crippen LogP contribution in [0.15, 0.2) is 5.38 Å². The van der Waals surface area contributed by atoms with Gasteiger partial charge in [0.1, 0.15) is 6.10 Å². The molecule has 0 spiro atoms. The monoisotopic (exact) mass is 239 g/mol. The summed E-state index contributed by atoms with van der Waals surface area (Å²) in [5, 5.41) is 2.98. The number of rotatable bonds is 6. The molecule has 1 aromatic rings. The number of hydrogen-bond acceptors (Lipinski definition) is 4. The lowest BCUT2D eigenvalue weighted by atomic mass is 10.1. The molecule has 1 fully saturated rings. The van der Waals surface area contributed by atoms with Crippen molar-refractivity contribution in [3.63, 3.8) is 0 Å². The summed E-state index contributed by atoms with van der Waals surface area (Å²) in [5.41, 5.74) is 0.887. The van der Waals surface area contributed by atoms with Crippen LogP contribution in [0, 0.1) is 12.8 Å². The Morgan fingerprint density at radius 2 is 2.44 bits per heavy atom. The van der Waals surface area contributed by atoms with E-state index >= 15 is 0 Å². The molecule has 1 heterocycles. The Hall–Kier alpha value is -0.740. The van der Waals surface area contributed by atoms with Gasteiger partial charge in [-0.05, 0) is 32.6 Å². The lowest BCUT2D eigenvalue weighted by molar-refractivity contribution is -0.131. The Bertz CT molecular complexity index is 371. The first-order chi connectivity index (χ1) is 7.70. The molecule has 2 rings (SSSR count). The fourth-order valence-corrected chi connectivity index (χ4v) is 2.45. The van der Waals surface area contributed by atoms with E-state index < -0.39 is 0 Å². The Balaban J connectivity index is 1.94. The van der Waals surface area contributed by atoms with Crippen LogP contribution in [-0.2, 0) is 16.0 Å². The van der Waals surface area contributed by atoms with Gasteiger partial charge in [-0.1, -0.05) is 0 Å². The first kappa shape index (κ1) is 11.7. The molecule has 1 atom stereocenters. The fourth-order valence-electron chi connectivity index (χ4n) is 1.84. The van der Waals surface area contributed by atoms with E-state index in [1.54, 1.807) is 11.3 Å². The molecule has 1 aliphatic rings. The van der Waals surface area contributed by atoms with Crippen LogP contribution in [0.5, 0.6) is 0 Å². The van der Waals surface area contributed by atoms with Gasteiger partial charge in [-0.25, -0.2) is 4.98 Å². The summed E-state index contributed by atoms with van der Waals surface area (Å²) in [6, 6.07) is 0. The fraction of sp³-hybridized carbons (Fsp3) is 0.667. The second-order valence-corrected chi connectivity index (χ2v) is 5.28. The van der Waals surface area contributed by atoms with Crippen LogP contribution in [-0.4, -0.2) is 23.5 Å². The molecule has 0 amide bonds. The number of carbonyl (C=O) groups excluding carboxylic acids is 1. The number of ether oxygens (including phenoxy) is 1. The van der Waals surface area contributed by atoms with Gasteiger partial charge in [0.05, 0.1) is 17.1 Å². The van der Waals surface area contributed by atoms with E-state index in [0.717, 1.165) is 23.5 Å². The van der Waals surface area contributed by atoms with Crippen molar-refractivity contribution in [2.24, 2.45) is 5.92 Å². The van der Waals surface area contributed by atoms with E-state index in [1.807, 2.05) is 19.2 Å². The number of nitrogens with zero attached hydrogens (tertiary/aromatic N) is 1. The number of thiazole rings is 1. The van der Waals surface area contributed by atoms with Crippen molar-refractivity contribution >= 4 is 17.1 Å². The average molecular weight is 239 g/mol. The van der Waals surface area contributed by atoms with Gasteiger partial charge in [0.15, 0.2) is 5.78 Å². The van der Waals surface area contributed by atoms with Crippen molar-refractivity contribution in [2.45, 2.75) is 39.2 Å². The van der Waals surface area contributed by atoms with E-state index in [1.165, 1.54) is 0 Å². The van der Waals surface area contributed by atoms with Gasteiger partial charge in [0, 0.05) is 12.0 Å². The molecule has 0 aliphatic heterocycles. The SMILES string of the molecule is CCOC(C(=O)Cc1csc(C)n1)C1CC1. The largest absolute Gasteiger partial charge is 0.370 e. The van der Waals surface area contributed by atoms with Crippen LogP contribution in [0.25, 0.3) is 0 Å². The van der Waals surface area contributed by atoms with Crippen molar-refractivity contribution in [1.29, 1.82) is 0 Å². The third kappa shape index (κ3) is 2.89. The maximum Gasteiger partial charge on any atom is 0.167 e. The van der Waals surface area contributed by atoms with Crippen LogP contribution < -0.4 is 0 Å². The zero-order valence-corrected chi connectivity index (χ0v) is 10.5. The van der Waals surface area contributed by atoms with Crippen LogP contribution in [0.2, 0.25) is 0 Å². The number of hydrogen-bond donors (Lipinski definition) is 0. The molecule has 88 valence electrons. The lowest BCUT2D eigenvalue weighted by Crippen LogP contribution is -2.28. The van der Waals surface area contributed by atoms with Crippen molar-refractivity contribution in [1.82, 2.24) is 4.98 Å². The standard InChI is InChI=1S/C12H17NO2S/c1-3-15-12(9-4-5-9)11(14)6-10-7-16-8(2)13-10/h7,9,12H,3-6H2,1-2H3. The zero-order valence-electron chi connectivity index (χ0n) is 9.73. The lowest BCUT2D eigenvalue weighted by Gasteiger charge is -2.14. The summed E-state index contributed by atoms with van der Waals surface area (Å²) in [7, 11) is 0. The molecule has 0 N–H and O–H groups in total. The molecular weight excluding hydrogens is 222 g/mol. The quantitative estimate of drug-likeness (QED) is 0.765. The minimum atomic E-state index is -0.188. The van der Waals surface area contributed by atoms with Crippen LogP contribution in [0.1, 0.15) is 30.5 Å². The van der Waals surface area contributed by atoms with Crippen molar-refractivity contribution in [2.75, 3.05) is 6.61 Å². The molecule has 0 saturated heterocycles. The summed E-state index contributed by atoms with van der Waals surface area (Å²) in [6.45, 7) is 4.51. The topological polar surface area (TPSA) is 39.2 Å². The number of aromatic nitrogens is 1. The summed E-state index contributed by atoms with van der Waals surface area (Å²) < 4.78 is 5.53. The van der Waals surface area contributed by atoms with Gasteiger partial charge in [-0.3, -0.25) is 4.79 Å². The maximum atomic E-state index is 12.0. The smallest absolute Gasteiger partial charge is 0.167 e. The van der Waals surface area contributed by atoms with Crippen LogP contribution in [0.3, 0.4) is 0 Å². The summed E-state index contributed by atoms with van der Waals surface area (Å²) in [4.78, 5) is 16.3. The molecule has 16 heavy (non-hydrogen) atoms. The van der Waals surface area contributed by atoms with Crippen molar-refractivity contribution in [3.8, 4) is 0 Å². The first-order valence-corrected chi connectivity index (χ1v) is 6.64. The average Bonchev–Trinajstić information content (AvgIpc) is 3.00. The highest BCUT2D eigenvalue weighted by Crippen LogP contribution is 2.35. The summed E-state index contributed by atoms with van der Waals surface area (Å²) in [6.07, 6.45) is 2.50. The van der Waals surface area contributed by atoms with Gasteiger partial charge < -0.3 is 4.74 Å². The second kappa shape index (κ2) is 5.06. The molecule has 0 aromatic carbocycles. The van der Waals surface area contributed by atoms with E-state index in [4.69, 9.17) is 4.74 Å². The number of ketones is 1. The molecule has 0 bridgehead atoms. The normalized spacial score (nSPS) is 17.4. The number of carbonyl (C=O) groups is 1. The van der Waals surface area contributed by atoms with Gasteiger partial charge in [-0.2, -0.15) is 0 Å². The highest BCUT2D eigenvalue weighted by molar-refractivity contribution is 7.09. The van der Waals surface area contributed by atoms with Crippen LogP contribution >= 0.6 is 11.3 Å². The zero-order chi connectivity index (χ0) is 11.5. The van der Waals surface area contributed by atoms with E-state index in [0.29, 0.717) is 18.9 Å². The molecule has 0 radical (unpaired) electrons. The van der Waals surface area contributed by atoms with Gasteiger partial charge in [-0.15, -0.1) is 11.3 Å². The minimum Gasteiger partial charge on any atom is -0.370 e. The highest BCUT2D eigenvalue weighted by atomic mass is 32.1. The minimum absolute atomic E-state index is 0.188. The van der Waals surface area contributed by atoms with Crippen molar-refractivity contribution in [3.05, 3.63) is 16.1 Å². The molecule has 4 heteroatoms. The Morgan fingerprint density at radius 1 is 1.69 bits per heavy atom.